The van der Waals surface area contributed by atoms with E-state index in [4.69, 9.17) is 0 Å². The highest BCUT2D eigenvalue weighted by Gasteiger charge is 2.22. The van der Waals surface area contributed by atoms with Crippen molar-refractivity contribution in [3.05, 3.63) is 35.4 Å². The van der Waals surface area contributed by atoms with E-state index in [-0.39, 0.29) is 0 Å². The van der Waals surface area contributed by atoms with Crippen molar-refractivity contribution in [1.82, 2.24) is 5.32 Å². The highest BCUT2D eigenvalue weighted by Crippen LogP contribution is 2.29. The lowest BCUT2D eigenvalue weighted by Crippen LogP contribution is -2.34. The molecule has 1 N–H and O–H groups in total. The Hall–Kier alpha value is -0.820. The summed E-state index contributed by atoms with van der Waals surface area (Å²) < 4.78 is 0. The van der Waals surface area contributed by atoms with Gasteiger partial charge in [0, 0.05) is 12.6 Å². The van der Waals surface area contributed by atoms with Crippen LogP contribution >= 0.6 is 0 Å². The van der Waals surface area contributed by atoms with Crippen LogP contribution in [0.3, 0.4) is 0 Å². The van der Waals surface area contributed by atoms with E-state index >= 15 is 0 Å². The molecule has 0 spiro atoms. The molecule has 1 aromatic rings. The van der Waals surface area contributed by atoms with Crippen LogP contribution in [0.2, 0.25) is 0 Å². The Labute approximate surface area is 125 Å². The fraction of sp³-hybridized carbons (Fsp3) is 0.684. The smallest absolute Gasteiger partial charge is 0.0210 e. The van der Waals surface area contributed by atoms with Gasteiger partial charge in [0.1, 0.15) is 0 Å². The third-order valence-electron chi connectivity index (χ3n) is 4.67. The fourth-order valence-corrected chi connectivity index (χ4v) is 3.69. The zero-order valence-electron chi connectivity index (χ0n) is 13.5. The fourth-order valence-electron chi connectivity index (χ4n) is 3.69. The van der Waals surface area contributed by atoms with E-state index < -0.39 is 0 Å². The largest absolute Gasteiger partial charge is 0.310 e. The predicted octanol–water partition coefficient (Wildman–Crippen LogP) is 4.94. The molecular weight excluding hydrogens is 242 g/mol. The first kappa shape index (κ1) is 15.6. The zero-order chi connectivity index (χ0) is 14.4. The number of benzene rings is 1. The Morgan fingerprint density at radius 2 is 1.90 bits per heavy atom. The molecule has 0 aromatic heterocycles. The van der Waals surface area contributed by atoms with Gasteiger partial charge >= 0.3 is 0 Å². The molecule has 2 atom stereocenters. The van der Waals surface area contributed by atoms with Gasteiger partial charge in [-0.25, -0.2) is 0 Å². The Kier molecular flexibility index (Phi) is 6.09. The Morgan fingerprint density at radius 3 is 2.60 bits per heavy atom. The lowest BCUT2D eigenvalue weighted by molar-refractivity contribution is 0.252. The van der Waals surface area contributed by atoms with Gasteiger partial charge < -0.3 is 5.32 Å². The van der Waals surface area contributed by atoms with Crippen molar-refractivity contribution in [3.63, 3.8) is 0 Å². The second-order valence-electron chi connectivity index (χ2n) is 6.86. The lowest BCUT2D eigenvalue weighted by Gasteiger charge is -2.31. The van der Waals surface area contributed by atoms with Crippen LogP contribution in [0.15, 0.2) is 24.3 Å². The van der Waals surface area contributed by atoms with Gasteiger partial charge in [-0.3, -0.25) is 0 Å². The maximum atomic E-state index is 3.82. The maximum Gasteiger partial charge on any atom is 0.0210 e. The predicted molar refractivity (Wildman–Crippen MR) is 87.9 cm³/mol. The molecule has 0 amide bonds. The van der Waals surface area contributed by atoms with Crippen LogP contribution in [0.25, 0.3) is 0 Å². The number of hydrogen-bond donors (Lipinski definition) is 1. The first-order valence-corrected chi connectivity index (χ1v) is 8.49. The van der Waals surface area contributed by atoms with Gasteiger partial charge in [-0.05, 0) is 48.6 Å². The van der Waals surface area contributed by atoms with Crippen molar-refractivity contribution in [2.45, 2.75) is 71.9 Å². The summed E-state index contributed by atoms with van der Waals surface area (Å²) in [6.07, 6.45) is 8.14. The van der Waals surface area contributed by atoms with Gasteiger partial charge in [0.2, 0.25) is 0 Å². The molecule has 2 unspecified atom stereocenters. The minimum Gasteiger partial charge on any atom is -0.310 e. The standard InChI is InChI=1S/C19H31N/c1-4-17-9-5-6-10-18(17)14-20-19-11-7-8-16(13-19)12-15(2)3/h5-6,9-10,15-16,19-20H,4,7-8,11-14H2,1-3H3. The minimum absolute atomic E-state index is 0.734. The summed E-state index contributed by atoms with van der Waals surface area (Å²) in [7, 11) is 0. The average molecular weight is 273 g/mol. The molecule has 0 radical (unpaired) electrons. The van der Waals surface area contributed by atoms with E-state index in [2.05, 4.69) is 50.4 Å². The van der Waals surface area contributed by atoms with Crippen LogP contribution in [-0.2, 0) is 13.0 Å². The van der Waals surface area contributed by atoms with Crippen molar-refractivity contribution in [2.24, 2.45) is 11.8 Å². The Morgan fingerprint density at radius 1 is 1.15 bits per heavy atom. The van der Waals surface area contributed by atoms with Gasteiger partial charge in [-0.2, -0.15) is 0 Å². The number of nitrogens with one attached hydrogen (secondary N) is 1. The molecule has 1 aliphatic rings. The number of hydrogen-bond acceptors (Lipinski definition) is 1. The van der Waals surface area contributed by atoms with Crippen molar-refractivity contribution in [3.8, 4) is 0 Å². The summed E-state index contributed by atoms with van der Waals surface area (Å²) in [6.45, 7) is 8.00. The van der Waals surface area contributed by atoms with E-state index in [1.54, 1.807) is 0 Å². The summed E-state index contributed by atoms with van der Waals surface area (Å²) in [5.41, 5.74) is 2.98. The summed E-state index contributed by atoms with van der Waals surface area (Å²) in [5, 5.41) is 3.82. The van der Waals surface area contributed by atoms with Crippen LogP contribution in [0.5, 0.6) is 0 Å². The average Bonchev–Trinajstić information content (AvgIpc) is 2.45. The van der Waals surface area contributed by atoms with Crippen LogP contribution in [0.4, 0.5) is 0 Å². The SMILES string of the molecule is CCc1ccccc1CNC1CCCC(CC(C)C)C1. The van der Waals surface area contributed by atoms with E-state index in [0.29, 0.717) is 0 Å². The van der Waals surface area contributed by atoms with Crippen molar-refractivity contribution < 1.29 is 0 Å². The Bertz CT molecular complexity index is 397. The molecule has 1 nitrogen and oxygen atoms in total. The van der Waals surface area contributed by atoms with Crippen molar-refractivity contribution in [2.75, 3.05) is 0 Å². The van der Waals surface area contributed by atoms with Crippen molar-refractivity contribution in [1.29, 1.82) is 0 Å². The highest BCUT2D eigenvalue weighted by atomic mass is 14.9. The minimum atomic E-state index is 0.734. The second kappa shape index (κ2) is 7.83. The molecule has 0 heterocycles. The summed E-state index contributed by atoms with van der Waals surface area (Å²) in [6, 6.07) is 9.59. The second-order valence-corrected chi connectivity index (χ2v) is 6.86. The molecule has 0 aliphatic heterocycles. The zero-order valence-corrected chi connectivity index (χ0v) is 13.5. The van der Waals surface area contributed by atoms with Gasteiger partial charge in [-0.15, -0.1) is 0 Å². The molecule has 1 heteroatoms. The van der Waals surface area contributed by atoms with Crippen LogP contribution < -0.4 is 5.32 Å². The quantitative estimate of drug-likeness (QED) is 0.774. The molecule has 112 valence electrons. The lowest BCUT2D eigenvalue weighted by atomic mass is 9.81. The third-order valence-corrected chi connectivity index (χ3v) is 4.67. The van der Waals surface area contributed by atoms with Gasteiger partial charge in [0.15, 0.2) is 0 Å². The van der Waals surface area contributed by atoms with Gasteiger partial charge in [0.25, 0.3) is 0 Å². The summed E-state index contributed by atoms with van der Waals surface area (Å²) in [5.74, 6) is 1.79. The normalized spacial score (nSPS) is 23.2. The van der Waals surface area contributed by atoms with E-state index in [1.807, 2.05) is 0 Å². The molecule has 0 bridgehead atoms. The number of rotatable bonds is 6. The topological polar surface area (TPSA) is 12.0 Å². The van der Waals surface area contributed by atoms with Crippen LogP contribution in [0.1, 0.15) is 64.0 Å². The Balaban J connectivity index is 1.84. The molecule has 1 fully saturated rings. The van der Waals surface area contributed by atoms with Gasteiger partial charge in [0.05, 0.1) is 0 Å². The molecule has 1 aliphatic carbocycles. The molecule has 1 saturated carbocycles. The first-order chi connectivity index (χ1) is 9.69. The third kappa shape index (κ3) is 4.63. The molecule has 0 saturated heterocycles. The maximum absolute atomic E-state index is 3.82. The first-order valence-electron chi connectivity index (χ1n) is 8.49. The molecule has 1 aromatic carbocycles. The van der Waals surface area contributed by atoms with Crippen molar-refractivity contribution >= 4 is 0 Å². The molecule has 2 rings (SSSR count). The van der Waals surface area contributed by atoms with E-state index in [0.717, 1.165) is 30.8 Å². The van der Waals surface area contributed by atoms with Gasteiger partial charge in [-0.1, -0.05) is 57.9 Å². The summed E-state index contributed by atoms with van der Waals surface area (Å²) >= 11 is 0. The molecular formula is C19H31N. The highest BCUT2D eigenvalue weighted by molar-refractivity contribution is 5.26. The number of aryl methyl sites for hydroxylation is 1. The molecule has 20 heavy (non-hydrogen) atoms. The van der Waals surface area contributed by atoms with E-state index in [1.165, 1.54) is 43.2 Å². The van der Waals surface area contributed by atoms with E-state index in [9.17, 15) is 0 Å². The van der Waals surface area contributed by atoms with Crippen LogP contribution in [-0.4, -0.2) is 6.04 Å². The summed E-state index contributed by atoms with van der Waals surface area (Å²) in [4.78, 5) is 0. The monoisotopic (exact) mass is 273 g/mol. The van der Waals surface area contributed by atoms with Crippen LogP contribution in [0, 0.1) is 11.8 Å².